The van der Waals surface area contributed by atoms with E-state index < -0.39 is 11.9 Å². The molecule has 6 heteroatoms. The Balaban J connectivity index is 2.33. The lowest BCUT2D eigenvalue weighted by Crippen LogP contribution is -2.36. The van der Waals surface area contributed by atoms with Gasteiger partial charge < -0.3 is 15.1 Å². The van der Waals surface area contributed by atoms with Crippen molar-refractivity contribution in [2.45, 2.75) is 25.7 Å². The second-order valence-corrected chi connectivity index (χ2v) is 5.16. The van der Waals surface area contributed by atoms with E-state index in [2.05, 4.69) is 0 Å². The van der Waals surface area contributed by atoms with Gasteiger partial charge in [0.2, 0.25) is 5.91 Å². The SMILES string of the molecule is CC(=O)N1CCC(c2cccc(C(=O)O)c2C(=O)O)CC1. The highest BCUT2D eigenvalue weighted by Crippen LogP contribution is 2.32. The molecule has 2 N–H and O–H groups in total. The number of piperidine rings is 1. The van der Waals surface area contributed by atoms with E-state index in [1.54, 1.807) is 17.0 Å². The van der Waals surface area contributed by atoms with Gasteiger partial charge in [0.15, 0.2) is 0 Å². The Bertz CT molecular complexity index is 588. The van der Waals surface area contributed by atoms with Gasteiger partial charge in [-0.3, -0.25) is 4.79 Å². The molecule has 1 aliphatic rings. The van der Waals surface area contributed by atoms with Gasteiger partial charge in [-0.05, 0) is 30.4 Å². The summed E-state index contributed by atoms with van der Waals surface area (Å²) in [5.74, 6) is -2.50. The molecule has 112 valence electrons. The summed E-state index contributed by atoms with van der Waals surface area (Å²) in [6, 6.07) is 4.55. The fraction of sp³-hybridized carbons (Fsp3) is 0.400. The van der Waals surface area contributed by atoms with Crippen molar-refractivity contribution in [2.75, 3.05) is 13.1 Å². The Hall–Kier alpha value is -2.37. The molecular formula is C15H17NO5. The summed E-state index contributed by atoms with van der Waals surface area (Å²) >= 11 is 0. The minimum absolute atomic E-state index is 0.00574. The van der Waals surface area contributed by atoms with Crippen molar-refractivity contribution in [3.63, 3.8) is 0 Å². The number of carbonyl (C=O) groups is 3. The first-order valence-corrected chi connectivity index (χ1v) is 6.76. The quantitative estimate of drug-likeness (QED) is 0.885. The second-order valence-electron chi connectivity index (χ2n) is 5.16. The average Bonchev–Trinajstić information content (AvgIpc) is 2.46. The fourth-order valence-corrected chi connectivity index (χ4v) is 2.83. The number of carboxylic acid groups (broad SMARTS) is 2. The molecule has 1 aromatic carbocycles. The Morgan fingerprint density at radius 3 is 2.19 bits per heavy atom. The van der Waals surface area contributed by atoms with Crippen molar-refractivity contribution < 1.29 is 24.6 Å². The van der Waals surface area contributed by atoms with Crippen LogP contribution in [0.2, 0.25) is 0 Å². The molecule has 2 rings (SSSR count). The predicted octanol–water partition coefficient (Wildman–Crippen LogP) is 1.81. The van der Waals surface area contributed by atoms with E-state index in [1.165, 1.54) is 13.0 Å². The third kappa shape index (κ3) is 3.04. The van der Waals surface area contributed by atoms with E-state index >= 15 is 0 Å². The number of hydrogen-bond acceptors (Lipinski definition) is 3. The first-order valence-electron chi connectivity index (χ1n) is 6.76. The largest absolute Gasteiger partial charge is 0.478 e. The highest BCUT2D eigenvalue weighted by molar-refractivity contribution is 6.02. The smallest absolute Gasteiger partial charge is 0.336 e. The number of carboxylic acids is 2. The molecule has 1 saturated heterocycles. The van der Waals surface area contributed by atoms with Crippen LogP contribution < -0.4 is 0 Å². The molecule has 0 aromatic heterocycles. The standard InChI is InChI=1S/C15H17NO5/c1-9(17)16-7-5-10(6-8-16)11-3-2-4-12(14(18)19)13(11)15(20)21/h2-4,10H,5-8H2,1H3,(H,18,19)(H,20,21). The number of amides is 1. The van der Waals surface area contributed by atoms with Crippen molar-refractivity contribution in [1.29, 1.82) is 0 Å². The van der Waals surface area contributed by atoms with Gasteiger partial charge in [0.25, 0.3) is 0 Å². The number of carbonyl (C=O) groups excluding carboxylic acids is 1. The lowest BCUT2D eigenvalue weighted by molar-refractivity contribution is -0.129. The van der Waals surface area contributed by atoms with Crippen LogP contribution in [0.3, 0.4) is 0 Å². The van der Waals surface area contributed by atoms with Crippen LogP contribution in [0.25, 0.3) is 0 Å². The van der Waals surface area contributed by atoms with Crippen molar-refractivity contribution in [2.24, 2.45) is 0 Å². The number of benzene rings is 1. The molecule has 0 bridgehead atoms. The molecule has 0 unspecified atom stereocenters. The second kappa shape index (κ2) is 5.95. The molecule has 21 heavy (non-hydrogen) atoms. The van der Waals surface area contributed by atoms with Crippen molar-refractivity contribution in [3.05, 3.63) is 34.9 Å². The van der Waals surface area contributed by atoms with Gasteiger partial charge in [0.05, 0.1) is 11.1 Å². The van der Waals surface area contributed by atoms with Crippen LogP contribution >= 0.6 is 0 Å². The van der Waals surface area contributed by atoms with Crippen LogP contribution in [0, 0.1) is 0 Å². The Morgan fingerprint density at radius 2 is 1.71 bits per heavy atom. The maximum Gasteiger partial charge on any atom is 0.336 e. The molecule has 1 amide bonds. The third-order valence-corrected chi connectivity index (χ3v) is 3.92. The van der Waals surface area contributed by atoms with E-state index in [-0.39, 0.29) is 23.0 Å². The van der Waals surface area contributed by atoms with Gasteiger partial charge in [0, 0.05) is 20.0 Å². The minimum atomic E-state index is -1.24. The zero-order valence-electron chi connectivity index (χ0n) is 11.7. The molecule has 0 radical (unpaired) electrons. The number of nitrogens with zero attached hydrogens (tertiary/aromatic N) is 1. The summed E-state index contributed by atoms with van der Waals surface area (Å²) in [4.78, 5) is 35.7. The zero-order chi connectivity index (χ0) is 15.6. The van der Waals surface area contributed by atoms with Crippen LogP contribution in [-0.4, -0.2) is 46.0 Å². The third-order valence-electron chi connectivity index (χ3n) is 3.92. The minimum Gasteiger partial charge on any atom is -0.478 e. The number of aromatic carboxylic acids is 2. The lowest BCUT2D eigenvalue weighted by Gasteiger charge is -2.32. The van der Waals surface area contributed by atoms with Crippen molar-refractivity contribution in [3.8, 4) is 0 Å². The fourth-order valence-electron chi connectivity index (χ4n) is 2.83. The van der Waals surface area contributed by atoms with Crippen LogP contribution in [0.5, 0.6) is 0 Å². The maximum atomic E-state index is 11.4. The van der Waals surface area contributed by atoms with Gasteiger partial charge >= 0.3 is 11.9 Å². The van der Waals surface area contributed by atoms with E-state index in [1.807, 2.05) is 0 Å². The summed E-state index contributed by atoms with van der Waals surface area (Å²) in [6.45, 7) is 2.64. The Labute approximate surface area is 122 Å². The molecule has 6 nitrogen and oxygen atoms in total. The number of hydrogen-bond donors (Lipinski definition) is 2. The summed E-state index contributed by atoms with van der Waals surface area (Å²) in [7, 11) is 0. The highest BCUT2D eigenvalue weighted by Gasteiger charge is 2.28. The molecule has 1 heterocycles. The normalized spacial score (nSPS) is 15.8. The first kappa shape index (κ1) is 15.0. The van der Waals surface area contributed by atoms with Crippen molar-refractivity contribution >= 4 is 17.8 Å². The molecule has 1 aliphatic heterocycles. The zero-order valence-corrected chi connectivity index (χ0v) is 11.7. The lowest BCUT2D eigenvalue weighted by atomic mass is 9.84. The van der Waals surface area contributed by atoms with Crippen molar-refractivity contribution in [1.82, 2.24) is 4.90 Å². The van der Waals surface area contributed by atoms with E-state index in [9.17, 15) is 19.5 Å². The maximum absolute atomic E-state index is 11.4. The number of likely N-dealkylation sites (tertiary alicyclic amines) is 1. The van der Waals surface area contributed by atoms with Gasteiger partial charge in [-0.1, -0.05) is 12.1 Å². The van der Waals surface area contributed by atoms with Crippen LogP contribution in [0.4, 0.5) is 0 Å². The van der Waals surface area contributed by atoms with Gasteiger partial charge in [-0.15, -0.1) is 0 Å². The van der Waals surface area contributed by atoms with Crippen LogP contribution in [0.1, 0.15) is 52.0 Å². The van der Waals surface area contributed by atoms with Gasteiger partial charge in [-0.25, -0.2) is 9.59 Å². The predicted molar refractivity (Wildman–Crippen MR) is 74.6 cm³/mol. The summed E-state index contributed by atoms with van der Waals surface area (Å²) < 4.78 is 0. The summed E-state index contributed by atoms with van der Waals surface area (Å²) in [5.41, 5.74) is 0.228. The highest BCUT2D eigenvalue weighted by atomic mass is 16.4. The molecule has 0 atom stereocenters. The molecule has 0 spiro atoms. The van der Waals surface area contributed by atoms with E-state index in [0.717, 1.165) is 0 Å². The van der Waals surface area contributed by atoms with Crippen LogP contribution in [-0.2, 0) is 4.79 Å². The van der Waals surface area contributed by atoms with Crippen LogP contribution in [0.15, 0.2) is 18.2 Å². The molecule has 0 aliphatic carbocycles. The van der Waals surface area contributed by atoms with E-state index in [4.69, 9.17) is 5.11 Å². The van der Waals surface area contributed by atoms with E-state index in [0.29, 0.717) is 31.5 Å². The molecular weight excluding hydrogens is 274 g/mol. The summed E-state index contributed by atoms with van der Waals surface area (Å²) in [6.07, 6.45) is 1.28. The van der Waals surface area contributed by atoms with Gasteiger partial charge in [-0.2, -0.15) is 0 Å². The molecule has 1 aromatic rings. The monoisotopic (exact) mass is 291 g/mol. The molecule has 0 saturated carbocycles. The Kier molecular flexibility index (Phi) is 4.26. The average molecular weight is 291 g/mol. The topological polar surface area (TPSA) is 94.9 Å². The Morgan fingerprint density at radius 1 is 1.10 bits per heavy atom. The van der Waals surface area contributed by atoms with Gasteiger partial charge in [0.1, 0.15) is 0 Å². The molecule has 1 fully saturated rings. The summed E-state index contributed by atoms with van der Waals surface area (Å²) in [5, 5.41) is 18.5. The number of rotatable bonds is 3. The first-order chi connectivity index (χ1) is 9.91.